The first-order valence-corrected chi connectivity index (χ1v) is 10.0. The summed E-state index contributed by atoms with van der Waals surface area (Å²) in [5.41, 5.74) is 1.99. The van der Waals surface area contributed by atoms with Gasteiger partial charge in [-0.05, 0) is 43.3 Å². The number of thioether (sulfide) groups is 1. The number of nitrogens with zero attached hydrogens (tertiary/aromatic N) is 4. The molecule has 7 nitrogen and oxygen atoms in total. The SMILES string of the molecule is CCn1c(SCC(=O)Nc2ccc(C#N)cc2)nnc1-c1cc2ccccc2o1. The molecular formula is C21H17N5O2S. The second-order valence-corrected chi connectivity index (χ2v) is 7.17. The second kappa shape index (κ2) is 8.20. The van der Waals surface area contributed by atoms with Gasteiger partial charge in [-0.15, -0.1) is 10.2 Å². The van der Waals surface area contributed by atoms with Crippen LogP contribution in [0.4, 0.5) is 5.69 Å². The number of carbonyl (C=O) groups excluding carboxylic acids is 1. The van der Waals surface area contributed by atoms with Crippen molar-refractivity contribution in [3.05, 3.63) is 60.2 Å². The number of fused-ring (bicyclic) bond motifs is 1. The molecule has 0 aliphatic carbocycles. The van der Waals surface area contributed by atoms with E-state index in [1.807, 2.05) is 47.9 Å². The van der Waals surface area contributed by atoms with Gasteiger partial charge in [-0.25, -0.2) is 0 Å². The summed E-state index contributed by atoms with van der Waals surface area (Å²) in [4.78, 5) is 12.3. The first-order valence-electron chi connectivity index (χ1n) is 9.03. The average Bonchev–Trinajstić information content (AvgIpc) is 3.36. The zero-order valence-corrected chi connectivity index (χ0v) is 16.4. The normalized spacial score (nSPS) is 10.8. The van der Waals surface area contributed by atoms with Crippen molar-refractivity contribution in [2.24, 2.45) is 0 Å². The molecule has 0 unspecified atom stereocenters. The van der Waals surface area contributed by atoms with Gasteiger partial charge in [0.25, 0.3) is 0 Å². The van der Waals surface area contributed by atoms with Crippen LogP contribution in [0, 0.1) is 11.3 Å². The smallest absolute Gasteiger partial charge is 0.234 e. The number of hydrogen-bond acceptors (Lipinski definition) is 6. The molecule has 0 aliphatic heterocycles. The lowest BCUT2D eigenvalue weighted by Crippen LogP contribution is -2.14. The maximum atomic E-state index is 12.3. The summed E-state index contributed by atoms with van der Waals surface area (Å²) in [6, 6.07) is 18.5. The fraction of sp³-hybridized carbons (Fsp3) is 0.143. The summed E-state index contributed by atoms with van der Waals surface area (Å²) in [6.07, 6.45) is 0. The van der Waals surface area contributed by atoms with Crippen molar-refractivity contribution in [3.8, 4) is 17.7 Å². The minimum Gasteiger partial charge on any atom is -0.453 e. The van der Waals surface area contributed by atoms with Crippen LogP contribution < -0.4 is 5.32 Å². The van der Waals surface area contributed by atoms with Gasteiger partial charge in [-0.1, -0.05) is 30.0 Å². The predicted molar refractivity (Wildman–Crippen MR) is 111 cm³/mol. The zero-order chi connectivity index (χ0) is 20.2. The van der Waals surface area contributed by atoms with Crippen LogP contribution in [0.5, 0.6) is 0 Å². The first kappa shape index (κ1) is 18.8. The van der Waals surface area contributed by atoms with Crippen LogP contribution in [0.2, 0.25) is 0 Å². The minimum atomic E-state index is -0.157. The molecule has 0 saturated heterocycles. The number of carbonyl (C=O) groups is 1. The summed E-state index contributed by atoms with van der Waals surface area (Å²) in [6.45, 7) is 2.65. The zero-order valence-electron chi connectivity index (χ0n) is 15.6. The van der Waals surface area contributed by atoms with Crippen molar-refractivity contribution in [3.63, 3.8) is 0 Å². The van der Waals surface area contributed by atoms with Gasteiger partial charge in [0.05, 0.1) is 17.4 Å². The number of amides is 1. The van der Waals surface area contributed by atoms with E-state index in [2.05, 4.69) is 15.5 Å². The molecule has 0 bridgehead atoms. The molecule has 2 heterocycles. The molecule has 1 amide bonds. The highest BCUT2D eigenvalue weighted by molar-refractivity contribution is 7.99. The summed E-state index contributed by atoms with van der Waals surface area (Å²) in [5, 5.41) is 21.8. The highest BCUT2D eigenvalue weighted by Crippen LogP contribution is 2.29. The molecule has 0 spiro atoms. The van der Waals surface area contributed by atoms with Gasteiger partial charge in [0, 0.05) is 17.6 Å². The molecule has 0 radical (unpaired) electrons. The minimum absolute atomic E-state index is 0.157. The first-order chi connectivity index (χ1) is 14.2. The van der Waals surface area contributed by atoms with Crippen LogP contribution in [-0.2, 0) is 11.3 Å². The number of furan rings is 1. The van der Waals surface area contributed by atoms with Crippen molar-refractivity contribution < 1.29 is 9.21 Å². The lowest BCUT2D eigenvalue weighted by atomic mass is 10.2. The van der Waals surface area contributed by atoms with E-state index in [1.165, 1.54) is 11.8 Å². The van der Waals surface area contributed by atoms with Crippen LogP contribution in [0.1, 0.15) is 12.5 Å². The van der Waals surface area contributed by atoms with Gasteiger partial charge < -0.3 is 9.73 Å². The third kappa shape index (κ3) is 4.00. The molecule has 2 aromatic carbocycles. The van der Waals surface area contributed by atoms with E-state index in [4.69, 9.17) is 9.68 Å². The number of anilines is 1. The molecule has 2 aromatic heterocycles. The molecule has 0 saturated carbocycles. The summed E-state index contributed by atoms with van der Waals surface area (Å²) in [5.74, 6) is 1.32. The topological polar surface area (TPSA) is 96.7 Å². The Hall–Kier alpha value is -3.57. The molecule has 0 aliphatic rings. The van der Waals surface area contributed by atoms with Gasteiger partial charge in [0.15, 0.2) is 10.9 Å². The van der Waals surface area contributed by atoms with Crippen LogP contribution in [0.3, 0.4) is 0 Å². The lowest BCUT2D eigenvalue weighted by molar-refractivity contribution is -0.113. The number of benzene rings is 2. The number of para-hydroxylation sites is 1. The largest absolute Gasteiger partial charge is 0.453 e. The van der Waals surface area contributed by atoms with Crippen molar-refractivity contribution in [1.82, 2.24) is 14.8 Å². The van der Waals surface area contributed by atoms with Crippen molar-refractivity contribution in [2.75, 3.05) is 11.1 Å². The Balaban J connectivity index is 1.46. The van der Waals surface area contributed by atoms with Gasteiger partial charge in [0.2, 0.25) is 11.7 Å². The number of nitrogens with one attached hydrogen (secondary N) is 1. The maximum absolute atomic E-state index is 12.3. The Morgan fingerprint density at radius 1 is 1.21 bits per heavy atom. The third-order valence-corrected chi connectivity index (χ3v) is 5.28. The lowest BCUT2D eigenvalue weighted by Gasteiger charge is -2.07. The Morgan fingerprint density at radius 3 is 2.72 bits per heavy atom. The highest BCUT2D eigenvalue weighted by atomic mass is 32.2. The molecule has 4 aromatic rings. The van der Waals surface area contributed by atoms with E-state index in [0.29, 0.717) is 34.5 Å². The average molecular weight is 403 g/mol. The Kier molecular flexibility index (Phi) is 5.31. The van der Waals surface area contributed by atoms with E-state index in [9.17, 15) is 4.79 Å². The van der Waals surface area contributed by atoms with Gasteiger partial charge in [0.1, 0.15) is 5.58 Å². The number of nitriles is 1. The molecule has 144 valence electrons. The maximum Gasteiger partial charge on any atom is 0.234 e. The number of rotatable bonds is 6. The number of hydrogen-bond donors (Lipinski definition) is 1. The fourth-order valence-corrected chi connectivity index (χ4v) is 3.71. The van der Waals surface area contributed by atoms with Crippen LogP contribution in [0.15, 0.2) is 64.2 Å². The predicted octanol–water partition coefficient (Wildman–Crippen LogP) is 4.31. The van der Waals surface area contributed by atoms with E-state index in [1.54, 1.807) is 24.3 Å². The van der Waals surface area contributed by atoms with Crippen molar-refractivity contribution >= 4 is 34.3 Å². The molecule has 4 rings (SSSR count). The van der Waals surface area contributed by atoms with Gasteiger partial charge >= 0.3 is 0 Å². The summed E-state index contributed by atoms with van der Waals surface area (Å²) < 4.78 is 7.83. The Labute approximate surface area is 171 Å². The fourth-order valence-electron chi connectivity index (χ4n) is 2.91. The Bertz CT molecular complexity index is 1170. The standard InChI is InChI=1S/C21H17N5O2S/c1-2-26-20(18-11-15-5-3-4-6-17(15)28-18)24-25-21(26)29-13-19(27)23-16-9-7-14(12-22)8-10-16/h3-11H,2,13H2,1H3,(H,23,27). The van der Waals surface area contributed by atoms with Crippen LogP contribution >= 0.6 is 11.8 Å². The molecular weight excluding hydrogens is 386 g/mol. The monoisotopic (exact) mass is 403 g/mol. The van der Waals surface area contributed by atoms with Gasteiger partial charge in [-0.2, -0.15) is 5.26 Å². The highest BCUT2D eigenvalue weighted by Gasteiger charge is 2.17. The van der Waals surface area contributed by atoms with E-state index in [0.717, 1.165) is 11.0 Å². The molecule has 0 fully saturated rings. The molecule has 0 atom stereocenters. The molecule has 29 heavy (non-hydrogen) atoms. The van der Waals surface area contributed by atoms with E-state index >= 15 is 0 Å². The van der Waals surface area contributed by atoms with Crippen LogP contribution in [-0.4, -0.2) is 26.4 Å². The number of aromatic nitrogens is 3. The molecule has 1 N–H and O–H groups in total. The quantitative estimate of drug-likeness (QED) is 0.482. The molecule has 8 heteroatoms. The van der Waals surface area contributed by atoms with Gasteiger partial charge in [-0.3, -0.25) is 9.36 Å². The summed E-state index contributed by atoms with van der Waals surface area (Å²) >= 11 is 1.31. The van der Waals surface area contributed by atoms with Crippen molar-refractivity contribution in [1.29, 1.82) is 5.26 Å². The van der Waals surface area contributed by atoms with E-state index < -0.39 is 0 Å². The Morgan fingerprint density at radius 2 is 2.00 bits per heavy atom. The van der Waals surface area contributed by atoms with Crippen molar-refractivity contribution in [2.45, 2.75) is 18.6 Å². The van der Waals surface area contributed by atoms with E-state index in [-0.39, 0.29) is 11.7 Å². The third-order valence-electron chi connectivity index (χ3n) is 4.31. The van der Waals surface area contributed by atoms with Crippen LogP contribution in [0.25, 0.3) is 22.6 Å². The summed E-state index contributed by atoms with van der Waals surface area (Å²) in [7, 11) is 0. The second-order valence-electron chi connectivity index (χ2n) is 6.22.